The van der Waals surface area contributed by atoms with Crippen molar-refractivity contribution >= 4 is 23.2 Å². The Bertz CT molecular complexity index is 843. The van der Waals surface area contributed by atoms with Crippen LogP contribution in [-0.2, 0) is 0 Å². The monoisotopic (exact) mass is 350 g/mol. The predicted molar refractivity (Wildman–Crippen MR) is 96.4 cm³/mol. The third kappa shape index (κ3) is 3.49. The summed E-state index contributed by atoms with van der Waals surface area (Å²) in [6.07, 6.45) is 6.44. The van der Waals surface area contributed by atoms with Gasteiger partial charge in [-0.3, -0.25) is 9.78 Å². The van der Waals surface area contributed by atoms with Gasteiger partial charge < -0.3 is 19.5 Å². The van der Waals surface area contributed by atoms with E-state index in [2.05, 4.69) is 25.4 Å². The molecular formula is C18H18N6O2. The normalized spacial score (nSPS) is 14.3. The van der Waals surface area contributed by atoms with Crippen molar-refractivity contribution in [2.45, 2.75) is 0 Å². The number of rotatable bonds is 4. The van der Waals surface area contributed by atoms with Gasteiger partial charge in [0.1, 0.15) is 6.26 Å². The zero-order valence-corrected chi connectivity index (χ0v) is 14.1. The average Bonchev–Trinajstić information content (AvgIpc) is 3.24. The summed E-state index contributed by atoms with van der Waals surface area (Å²) in [6, 6.07) is 9.28. The number of aromatic nitrogens is 3. The van der Waals surface area contributed by atoms with Crippen molar-refractivity contribution in [1.82, 2.24) is 20.1 Å². The summed E-state index contributed by atoms with van der Waals surface area (Å²) in [5.41, 5.74) is 1.45. The average molecular weight is 350 g/mol. The number of nitrogens with zero attached hydrogens (tertiary/aromatic N) is 5. The molecule has 1 fully saturated rings. The molecule has 3 aromatic heterocycles. The summed E-state index contributed by atoms with van der Waals surface area (Å²) >= 11 is 0. The Labute approximate surface area is 150 Å². The zero-order chi connectivity index (χ0) is 17.8. The van der Waals surface area contributed by atoms with Gasteiger partial charge in [0.15, 0.2) is 11.6 Å². The minimum Gasteiger partial charge on any atom is -0.472 e. The molecule has 0 radical (unpaired) electrons. The van der Waals surface area contributed by atoms with Crippen LogP contribution in [0.1, 0.15) is 10.4 Å². The molecule has 0 spiro atoms. The molecule has 26 heavy (non-hydrogen) atoms. The lowest BCUT2D eigenvalue weighted by molar-refractivity contribution is 0.0746. The van der Waals surface area contributed by atoms with E-state index in [1.807, 2.05) is 29.2 Å². The molecule has 0 atom stereocenters. The van der Waals surface area contributed by atoms with Gasteiger partial charge in [-0.15, -0.1) is 10.2 Å². The maximum atomic E-state index is 12.3. The highest BCUT2D eigenvalue weighted by Crippen LogP contribution is 2.17. The van der Waals surface area contributed by atoms with Crippen LogP contribution in [-0.4, -0.2) is 52.2 Å². The summed E-state index contributed by atoms with van der Waals surface area (Å²) in [6.45, 7) is 2.71. The number of piperazine rings is 1. The van der Waals surface area contributed by atoms with Crippen molar-refractivity contribution < 1.29 is 9.21 Å². The zero-order valence-electron chi connectivity index (χ0n) is 14.1. The van der Waals surface area contributed by atoms with Crippen molar-refractivity contribution in [2.24, 2.45) is 0 Å². The second kappa shape index (κ2) is 7.22. The molecule has 1 aliphatic heterocycles. The third-order valence-electron chi connectivity index (χ3n) is 4.24. The Morgan fingerprint density at radius 3 is 2.62 bits per heavy atom. The number of hydrogen-bond acceptors (Lipinski definition) is 7. The van der Waals surface area contributed by atoms with Gasteiger partial charge >= 0.3 is 0 Å². The van der Waals surface area contributed by atoms with E-state index in [1.165, 1.54) is 12.5 Å². The number of hydrogen-bond donors (Lipinski definition) is 1. The predicted octanol–water partition coefficient (Wildman–Crippen LogP) is 2.17. The highest BCUT2D eigenvalue weighted by atomic mass is 16.3. The van der Waals surface area contributed by atoms with Crippen LogP contribution in [0, 0.1) is 0 Å². The molecule has 132 valence electrons. The van der Waals surface area contributed by atoms with Gasteiger partial charge in [0.05, 0.1) is 23.7 Å². The van der Waals surface area contributed by atoms with Gasteiger partial charge in [0.25, 0.3) is 5.91 Å². The third-order valence-corrected chi connectivity index (χ3v) is 4.24. The second-order valence-corrected chi connectivity index (χ2v) is 5.93. The molecule has 4 heterocycles. The molecule has 1 amide bonds. The summed E-state index contributed by atoms with van der Waals surface area (Å²) in [5.74, 6) is 1.47. The number of amides is 1. The van der Waals surface area contributed by atoms with Crippen LogP contribution in [0.2, 0.25) is 0 Å². The fourth-order valence-electron chi connectivity index (χ4n) is 2.85. The molecule has 8 nitrogen and oxygen atoms in total. The minimum absolute atomic E-state index is 0.000465. The molecule has 1 N–H and O–H groups in total. The van der Waals surface area contributed by atoms with Crippen LogP contribution in [0.4, 0.5) is 17.3 Å². The summed E-state index contributed by atoms with van der Waals surface area (Å²) in [5, 5.41) is 11.7. The molecule has 0 bridgehead atoms. The molecule has 3 aromatic rings. The van der Waals surface area contributed by atoms with Gasteiger partial charge in [0, 0.05) is 32.4 Å². The molecule has 1 aliphatic rings. The number of nitrogens with one attached hydrogen (secondary N) is 1. The van der Waals surface area contributed by atoms with Gasteiger partial charge in [-0.25, -0.2) is 0 Å². The van der Waals surface area contributed by atoms with Crippen LogP contribution < -0.4 is 10.2 Å². The quantitative estimate of drug-likeness (QED) is 0.771. The van der Waals surface area contributed by atoms with Crippen LogP contribution in [0.3, 0.4) is 0 Å². The highest BCUT2D eigenvalue weighted by Gasteiger charge is 2.23. The summed E-state index contributed by atoms with van der Waals surface area (Å²) in [7, 11) is 0. The minimum atomic E-state index is 0.000465. The molecule has 0 saturated carbocycles. The van der Waals surface area contributed by atoms with Crippen LogP contribution in [0.15, 0.2) is 59.7 Å². The number of carbonyl (C=O) groups excluding carboxylic acids is 1. The first-order valence-corrected chi connectivity index (χ1v) is 8.37. The SMILES string of the molecule is O=C(c1ccoc1)N1CCN(c2ccc(Nc3cccnc3)nn2)CC1. The fourth-order valence-corrected chi connectivity index (χ4v) is 2.85. The van der Waals surface area contributed by atoms with E-state index >= 15 is 0 Å². The Morgan fingerprint density at radius 2 is 1.96 bits per heavy atom. The van der Waals surface area contributed by atoms with Gasteiger partial charge in [-0.05, 0) is 30.3 Å². The van der Waals surface area contributed by atoms with Crippen molar-refractivity contribution in [1.29, 1.82) is 0 Å². The first kappa shape index (κ1) is 16.1. The largest absolute Gasteiger partial charge is 0.472 e. The lowest BCUT2D eigenvalue weighted by atomic mass is 10.2. The fraction of sp³-hybridized carbons (Fsp3) is 0.222. The Morgan fingerprint density at radius 1 is 1.08 bits per heavy atom. The number of furan rings is 1. The molecule has 0 aromatic carbocycles. The molecule has 8 heteroatoms. The molecule has 0 aliphatic carbocycles. The lowest BCUT2D eigenvalue weighted by Gasteiger charge is -2.35. The van der Waals surface area contributed by atoms with E-state index in [0.717, 1.165) is 11.5 Å². The topological polar surface area (TPSA) is 87.4 Å². The van der Waals surface area contributed by atoms with E-state index in [9.17, 15) is 4.79 Å². The Kier molecular flexibility index (Phi) is 4.46. The van der Waals surface area contributed by atoms with E-state index in [1.54, 1.807) is 18.5 Å². The second-order valence-electron chi connectivity index (χ2n) is 5.93. The van der Waals surface area contributed by atoms with E-state index < -0.39 is 0 Å². The van der Waals surface area contributed by atoms with E-state index in [0.29, 0.717) is 37.6 Å². The molecule has 1 saturated heterocycles. The van der Waals surface area contributed by atoms with Gasteiger partial charge in [-0.1, -0.05) is 0 Å². The lowest BCUT2D eigenvalue weighted by Crippen LogP contribution is -2.49. The van der Waals surface area contributed by atoms with Crippen LogP contribution >= 0.6 is 0 Å². The van der Waals surface area contributed by atoms with Crippen LogP contribution in [0.5, 0.6) is 0 Å². The standard InChI is InChI=1S/C18H18N6O2/c25-18(14-5-11-26-13-14)24-9-7-23(8-10-24)17-4-3-16(21-22-17)20-15-2-1-6-19-12-15/h1-6,11-13H,7-10H2,(H,20,21). The maximum absolute atomic E-state index is 12.3. The Hall–Kier alpha value is -3.42. The number of pyridine rings is 1. The van der Waals surface area contributed by atoms with Crippen LogP contribution in [0.25, 0.3) is 0 Å². The maximum Gasteiger partial charge on any atom is 0.257 e. The van der Waals surface area contributed by atoms with E-state index in [4.69, 9.17) is 4.42 Å². The van der Waals surface area contributed by atoms with Crippen molar-refractivity contribution in [3.8, 4) is 0 Å². The molecule has 0 unspecified atom stereocenters. The first-order valence-electron chi connectivity index (χ1n) is 8.37. The van der Waals surface area contributed by atoms with Gasteiger partial charge in [-0.2, -0.15) is 0 Å². The smallest absolute Gasteiger partial charge is 0.257 e. The number of anilines is 3. The first-order chi connectivity index (χ1) is 12.8. The highest BCUT2D eigenvalue weighted by molar-refractivity contribution is 5.94. The van der Waals surface area contributed by atoms with Crippen molar-refractivity contribution in [2.75, 3.05) is 36.4 Å². The van der Waals surface area contributed by atoms with E-state index in [-0.39, 0.29) is 5.91 Å². The summed E-state index contributed by atoms with van der Waals surface area (Å²) in [4.78, 5) is 20.3. The summed E-state index contributed by atoms with van der Waals surface area (Å²) < 4.78 is 4.98. The Balaban J connectivity index is 1.35. The van der Waals surface area contributed by atoms with Gasteiger partial charge in [0.2, 0.25) is 0 Å². The van der Waals surface area contributed by atoms with Crippen molar-refractivity contribution in [3.63, 3.8) is 0 Å². The van der Waals surface area contributed by atoms with Crippen molar-refractivity contribution in [3.05, 3.63) is 60.8 Å². The number of carbonyl (C=O) groups is 1. The molecule has 4 rings (SSSR count). The molecular weight excluding hydrogens is 332 g/mol.